The van der Waals surface area contributed by atoms with Crippen molar-refractivity contribution in [2.24, 2.45) is 7.05 Å². The molecule has 2 nitrogen and oxygen atoms in total. The van der Waals surface area contributed by atoms with Crippen LogP contribution in [0, 0.1) is 0 Å². The Labute approximate surface area is 97.5 Å². The molecule has 2 aromatic rings. The third kappa shape index (κ3) is 1.99. The van der Waals surface area contributed by atoms with Crippen LogP contribution in [0.1, 0.15) is 0 Å². The Morgan fingerprint density at radius 2 is 1.86 bits per heavy atom. The molecule has 0 aliphatic heterocycles. The lowest BCUT2D eigenvalue weighted by Gasteiger charge is -2.01. The molecule has 0 spiro atoms. The molecule has 4 heteroatoms. The molecule has 0 unspecified atom stereocenters. The van der Waals surface area contributed by atoms with Crippen molar-refractivity contribution in [1.82, 2.24) is 9.55 Å². The number of halogens is 2. The van der Waals surface area contributed by atoms with E-state index in [1.54, 1.807) is 0 Å². The van der Waals surface area contributed by atoms with E-state index >= 15 is 0 Å². The fourth-order valence-electron chi connectivity index (χ4n) is 1.24. The van der Waals surface area contributed by atoms with Crippen LogP contribution < -0.4 is 0 Å². The van der Waals surface area contributed by atoms with Gasteiger partial charge in [0, 0.05) is 12.6 Å². The molecule has 1 aromatic heterocycles. The van der Waals surface area contributed by atoms with Gasteiger partial charge in [-0.15, -0.1) is 12.4 Å². The van der Waals surface area contributed by atoms with Crippen molar-refractivity contribution in [3.63, 3.8) is 0 Å². The topological polar surface area (TPSA) is 17.8 Å². The highest BCUT2D eigenvalue weighted by Crippen LogP contribution is 2.20. The molecule has 2 rings (SSSR count). The second kappa shape index (κ2) is 4.62. The van der Waals surface area contributed by atoms with E-state index in [0.29, 0.717) is 0 Å². The minimum Gasteiger partial charge on any atom is -0.322 e. The summed E-state index contributed by atoms with van der Waals surface area (Å²) in [7, 11) is 1.99. The number of imidazole rings is 1. The van der Waals surface area contributed by atoms with E-state index in [1.165, 1.54) is 0 Å². The number of aromatic nitrogens is 2. The normalized spacial score (nSPS) is 9.57. The molecule has 0 amide bonds. The van der Waals surface area contributed by atoms with Crippen LogP contribution in [0.15, 0.2) is 41.1 Å². The maximum Gasteiger partial charge on any atom is 0.140 e. The zero-order valence-corrected chi connectivity index (χ0v) is 10.0. The van der Waals surface area contributed by atoms with Crippen LogP contribution in [0.25, 0.3) is 11.4 Å². The quantitative estimate of drug-likeness (QED) is 0.780. The molecule has 74 valence electrons. The largest absolute Gasteiger partial charge is 0.322 e. The summed E-state index contributed by atoms with van der Waals surface area (Å²) < 4.78 is 3.00. The molecule has 0 bridgehead atoms. The first-order valence-corrected chi connectivity index (χ1v) is 4.81. The van der Waals surface area contributed by atoms with Gasteiger partial charge in [0.2, 0.25) is 0 Å². The van der Waals surface area contributed by atoms with Gasteiger partial charge in [-0.3, -0.25) is 0 Å². The predicted octanol–water partition coefficient (Wildman–Crippen LogP) is 3.27. The molecule has 0 aliphatic rings. The second-order valence-electron chi connectivity index (χ2n) is 2.83. The Balaban J connectivity index is 0.000000980. The van der Waals surface area contributed by atoms with Crippen molar-refractivity contribution >= 4 is 28.3 Å². The number of benzene rings is 1. The van der Waals surface area contributed by atoms with E-state index in [0.717, 1.165) is 16.0 Å². The van der Waals surface area contributed by atoms with Gasteiger partial charge in [0.05, 0.1) is 6.20 Å². The number of nitrogens with zero attached hydrogens (tertiary/aromatic N) is 2. The van der Waals surface area contributed by atoms with Crippen molar-refractivity contribution < 1.29 is 0 Å². The first-order valence-electron chi connectivity index (χ1n) is 4.01. The summed E-state index contributed by atoms with van der Waals surface area (Å²) in [6.45, 7) is 0. The maximum absolute atomic E-state index is 4.30. The van der Waals surface area contributed by atoms with Gasteiger partial charge >= 0.3 is 0 Å². The lowest BCUT2D eigenvalue weighted by atomic mass is 10.2. The molecule has 14 heavy (non-hydrogen) atoms. The molecule has 1 heterocycles. The summed E-state index contributed by atoms with van der Waals surface area (Å²) in [5.41, 5.74) is 1.13. The van der Waals surface area contributed by atoms with Crippen LogP contribution in [-0.4, -0.2) is 9.55 Å². The SMILES string of the molecule is Cl.Cn1c(Br)cnc1-c1ccccc1. The Morgan fingerprint density at radius 3 is 2.36 bits per heavy atom. The Kier molecular flexibility index (Phi) is 3.72. The van der Waals surface area contributed by atoms with Crippen molar-refractivity contribution in [3.8, 4) is 11.4 Å². The smallest absolute Gasteiger partial charge is 0.140 e. The lowest BCUT2D eigenvalue weighted by molar-refractivity contribution is 0.902. The highest BCUT2D eigenvalue weighted by Gasteiger charge is 2.04. The van der Waals surface area contributed by atoms with E-state index in [2.05, 4.69) is 33.0 Å². The van der Waals surface area contributed by atoms with Crippen molar-refractivity contribution in [2.75, 3.05) is 0 Å². The number of rotatable bonds is 1. The van der Waals surface area contributed by atoms with E-state index in [-0.39, 0.29) is 12.4 Å². The summed E-state index contributed by atoms with van der Waals surface area (Å²) in [5.74, 6) is 0.979. The highest BCUT2D eigenvalue weighted by molar-refractivity contribution is 9.10. The fourth-order valence-corrected chi connectivity index (χ4v) is 1.51. The molecule has 0 saturated heterocycles. The number of hydrogen-bond acceptors (Lipinski definition) is 1. The monoisotopic (exact) mass is 272 g/mol. The summed E-state index contributed by atoms with van der Waals surface area (Å²) in [6.07, 6.45) is 1.81. The lowest BCUT2D eigenvalue weighted by Crippen LogP contribution is -1.92. The Hall–Kier alpha value is -0.800. The molecular weight excluding hydrogens is 263 g/mol. The average molecular weight is 274 g/mol. The zero-order valence-electron chi connectivity index (χ0n) is 7.64. The van der Waals surface area contributed by atoms with Crippen LogP contribution in [0.5, 0.6) is 0 Å². The summed E-state index contributed by atoms with van der Waals surface area (Å²) in [4.78, 5) is 4.30. The van der Waals surface area contributed by atoms with Gasteiger partial charge in [0.25, 0.3) is 0 Å². The molecule has 0 atom stereocenters. The van der Waals surface area contributed by atoms with Gasteiger partial charge < -0.3 is 4.57 Å². The number of hydrogen-bond donors (Lipinski definition) is 0. The predicted molar refractivity (Wildman–Crippen MR) is 63.6 cm³/mol. The van der Waals surface area contributed by atoms with Gasteiger partial charge in [0.15, 0.2) is 0 Å². The molecule has 0 saturated carbocycles. The van der Waals surface area contributed by atoms with Gasteiger partial charge in [-0.1, -0.05) is 30.3 Å². The van der Waals surface area contributed by atoms with Crippen LogP contribution in [-0.2, 0) is 7.05 Å². The second-order valence-corrected chi connectivity index (χ2v) is 3.64. The highest BCUT2D eigenvalue weighted by atomic mass is 79.9. The zero-order chi connectivity index (χ0) is 9.26. The first kappa shape index (κ1) is 11.3. The van der Waals surface area contributed by atoms with E-state index in [4.69, 9.17) is 0 Å². The molecule has 1 aromatic carbocycles. The summed E-state index contributed by atoms with van der Waals surface area (Å²) in [6, 6.07) is 10.1. The van der Waals surface area contributed by atoms with Crippen molar-refractivity contribution in [3.05, 3.63) is 41.1 Å². The molecule has 0 radical (unpaired) electrons. The summed E-state index contributed by atoms with van der Waals surface area (Å²) in [5, 5.41) is 0. The van der Waals surface area contributed by atoms with Crippen LogP contribution in [0.2, 0.25) is 0 Å². The maximum atomic E-state index is 4.30. The van der Waals surface area contributed by atoms with Gasteiger partial charge in [-0.25, -0.2) is 4.98 Å². The molecule has 0 aliphatic carbocycles. The minimum absolute atomic E-state index is 0. The van der Waals surface area contributed by atoms with E-state index in [1.807, 2.05) is 36.0 Å². The Morgan fingerprint density at radius 1 is 1.21 bits per heavy atom. The minimum atomic E-state index is 0. The van der Waals surface area contributed by atoms with E-state index < -0.39 is 0 Å². The molecule has 0 fully saturated rings. The molecular formula is C10H10BrClN2. The van der Waals surface area contributed by atoms with Gasteiger partial charge in [-0.2, -0.15) is 0 Å². The van der Waals surface area contributed by atoms with Crippen LogP contribution >= 0.6 is 28.3 Å². The van der Waals surface area contributed by atoms with Crippen LogP contribution in [0.3, 0.4) is 0 Å². The van der Waals surface area contributed by atoms with Crippen LogP contribution in [0.4, 0.5) is 0 Å². The Bertz CT molecular complexity index is 411. The average Bonchev–Trinajstić information content (AvgIpc) is 2.49. The van der Waals surface area contributed by atoms with Gasteiger partial charge in [0.1, 0.15) is 10.4 Å². The summed E-state index contributed by atoms with van der Waals surface area (Å²) >= 11 is 3.41. The van der Waals surface area contributed by atoms with Crippen molar-refractivity contribution in [1.29, 1.82) is 0 Å². The van der Waals surface area contributed by atoms with E-state index in [9.17, 15) is 0 Å². The van der Waals surface area contributed by atoms with Crippen molar-refractivity contribution in [2.45, 2.75) is 0 Å². The standard InChI is InChI=1S/C10H9BrN2.ClH/c1-13-9(11)7-12-10(13)8-5-3-2-4-6-8;/h2-7H,1H3;1H. The van der Waals surface area contributed by atoms with Gasteiger partial charge in [-0.05, 0) is 15.9 Å². The third-order valence-electron chi connectivity index (χ3n) is 1.96. The molecule has 0 N–H and O–H groups in total. The first-order chi connectivity index (χ1) is 6.29. The fraction of sp³-hybridized carbons (Fsp3) is 0.100. The third-order valence-corrected chi connectivity index (χ3v) is 2.70.